The van der Waals surface area contributed by atoms with Crippen molar-refractivity contribution in [2.45, 2.75) is 32.0 Å². The number of methoxy groups -OCH3 is 1. The van der Waals surface area contributed by atoms with Crippen molar-refractivity contribution in [3.63, 3.8) is 0 Å². The summed E-state index contributed by atoms with van der Waals surface area (Å²) in [5.74, 6) is -2.58. The summed E-state index contributed by atoms with van der Waals surface area (Å²) in [4.78, 5) is 23.3. The number of rotatable bonds is 6. The van der Waals surface area contributed by atoms with Crippen molar-refractivity contribution < 1.29 is 27.5 Å². The van der Waals surface area contributed by atoms with Gasteiger partial charge in [-0.3, -0.25) is 4.79 Å². The van der Waals surface area contributed by atoms with Crippen LogP contribution < -0.4 is 5.32 Å². The third kappa shape index (κ3) is 5.32. The summed E-state index contributed by atoms with van der Waals surface area (Å²) in [5, 5.41) is 1.67. The first-order valence-electron chi connectivity index (χ1n) is 8.41. The molecule has 0 saturated carbocycles. The predicted octanol–water partition coefficient (Wildman–Crippen LogP) is 4.14. The highest BCUT2D eigenvalue weighted by atomic mass is 19.4. The molecule has 0 aliphatic carbocycles. The lowest BCUT2D eigenvalue weighted by Crippen LogP contribution is -2.51. The van der Waals surface area contributed by atoms with E-state index in [2.05, 4.69) is 11.7 Å². The molecule has 0 aromatic heterocycles. The van der Waals surface area contributed by atoms with Gasteiger partial charge in [0.1, 0.15) is 0 Å². The van der Waals surface area contributed by atoms with Crippen LogP contribution in [0.15, 0.2) is 48.5 Å². The van der Waals surface area contributed by atoms with Crippen LogP contribution >= 0.6 is 0 Å². The molecule has 4 nitrogen and oxygen atoms in total. The summed E-state index contributed by atoms with van der Waals surface area (Å²) in [6.45, 7) is 2.10. The highest BCUT2D eigenvalue weighted by Gasteiger charge is 2.47. The zero-order chi connectivity index (χ0) is 20.0. The van der Waals surface area contributed by atoms with Crippen LogP contribution in [0.4, 0.5) is 13.2 Å². The Balaban J connectivity index is 2.13. The number of benzene rings is 2. The lowest BCUT2D eigenvalue weighted by atomic mass is 10.0. The van der Waals surface area contributed by atoms with E-state index in [1.807, 2.05) is 24.3 Å². The van der Waals surface area contributed by atoms with Crippen LogP contribution in [0.1, 0.15) is 29.3 Å². The van der Waals surface area contributed by atoms with Crippen LogP contribution in [0.3, 0.4) is 0 Å². The summed E-state index contributed by atoms with van der Waals surface area (Å²) in [6.07, 6.45) is -2.91. The number of aryl methyl sites for hydroxylation is 1. The number of carbonyl (C=O) groups is 2. The summed E-state index contributed by atoms with van der Waals surface area (Å²) < 4.78 is 42.8. The fourth-order valence-electron chi connectivity index (χ4n) is 2.57. The molecule has 7 heteroatoms. The Morgan fingerprint density at radius 3 is 1.96 bits per heavy atom. The molecule has 27 heavy (non-hydrogen) atoms. The average Bonchev–Trinajstić information content (AvgIpc) is 2.65. The van der Waals surface area contributed by atoms with Gasteiger partial charge in [-0.05, 0) is 35.2 Å². The van der Waals surface area contributed by atoms with Gasteiger partial charge in [0.05, 0.1) is 7.11 Å². The van der Waals surface area contributed by atoms with E-state index in [0.717, 1.165) is 31.1 Å². The molecule has 1 N–H and O–H groups in total. The smallest absolute Gasteiger partial charge is 0.419 e. The van der Waals surface area contributed by atoms with Crippen molar-refractivity contribution in [1.29, 1.82) is 0 Å². The van der Waals surface area contributed by atoms with E-state index in [-0.39, 0.29) is 5.56 Å². The zero-order valence-corrected chi connectivity index (χ0v) is 15.0. The van der Waals surface area contributed by atoms with Gasteiger partial charge in [0, 0.05) is 5.56 Å². The molecule has 0 radical (unpaired) electrons. The van der Waals surface area contributed by atoms with Crippen molar-refractivity contribution >= 4 is 11.9 Å². The van der Waals surface area contributed by atoms with Gasteiger partial charge in [-0.25, -0.2) is 4.79 Å². The number of halogens is 3. The van der Waals surface area contributed by atoms with E-state index in [4.69, 9.17) is 0 Å². The summed E-state index contributed by atoms with van der Waals surface area (Å²) in [7, 11) is 0.827. The van der Waals surface area contributed by atoms with Crippen LogP contribution in [0.25, 0.3) is 11.1 Å². The molecule has 2 rings (SSSR count). The molecule has 0 fully saturated rings. The van der Waals surface area contributed by atoms with Gasteiger partial charge in [0.2, 0.25) is 6.04 Å². The quantitative estimate of drug-likeness (QED) is 0.768. The molecule has 2 aromatic carbocycles. The van der Waals surface area contributed by atoms with Crippen LogP contribution in [0.2, 0.25) is 0 Å². The zero-order valence-electron chi connectivity index (χ0n) is 15.0. The lowest BCUT2D eigenvalue weighted by molar-refractivity contribution is -0.180. The molecule has 1 unspecified atom stereocenters. The van der Waals surface area contributed by atoms with E-state index < -0.39 is 24.1 Å². The molecule has 0 bridgehead atoms. The second-order valence-corrected chi connectivity index (χ2v) is 6.00. The van der Waals surface area contributed by atoms with E-state index in [9.17, 15) is 22.8 Å². The van der Waals surface area contributed by atoms with Crippen molar-refractivity contribution in [2.24, 2.45) is 0 Å². The molecule has 0 spiro atoms. The second-order valence-electron chi connectivity index (χ2n) is 6.00. The number of esters is 1. The molecule has 2 aromatic rings. The molecule has 144 valence electrons. The normalized spacial score (nSPS) is 12.3. The number of amides is 1. The number of ether oxygens (including phenoxy) is 1. The first kappa shape index (κ1) is 20.5. The van der Waals surface area contributed by atoms with Crippen molar-refractivity contribution in [3.8, 4) is 11.1 Å². The first-order chi connectivity index (χ1) is 12.8. The fourth-order valence-corrected chi connectivity index (χ4v) is 2.57. The topological polar surface area (TPSA) is 55.4 Å². The van der Waals surface area contributed by atoms with Gasteiger partial charge in [-0.2, -0.15) is 13.2 Å². The van der Waals surface area contributed by atoms with Gasteiger partial charge in [0.15, 0.2) is 0 Å². The van der Waals surface area contributed by atoms with Gasteiger partial charge < -0.3 is 10.1 Å². The predicted molar refractivity (Wildman–Crippen MR) is 95.2 cm³/mol. The number of nitrogens with one attached hydrogen (secondary N) is 1. The SMILES string of the molecule is CCCc1ccc(-c2ccc(C(=O)NC(C(=O)OC)C(F)(F)F)cc2)cc1. The van der Waals surface area contributed by atoms with Crippen molar-refractivity contribution in [2.75, 3.05) is 7.11 Å². The first-order valence-corrected chi connectivity index (χ1v) is 8.41. The third-order valence-corrected chi connectivity index (χ3v) is 4.01. The van der Waals surface area contributed by atoms with Crippen LogP contribution in [0.5, 0.6) is 0 Å². The second kappa shape index (κ2) is 8.70. The monoisotopic (exact) mass is 379 g/mol. The minimum atomic E-state index is -4.94. The molecule has 0 aliphatic heterocycles. The van der Waals surface area contributed by atoms with Gasteiger partial charge in [0.25, 0.3) is 5.91 Å². The summed E-state index contributed by atoms with van der Waals surface area (Å²) in [5.41, 5.74) is 3.00. The third-order valence-electron chi connectivity index (χ3n) is 4.01. The molecule has 1 amide bonds. The standard InChI is InChI=1S/C20H20F3NO3/c1-3-4-13-5-7-14(8-6-13)15-9-11-16(12-10-15)18(25)24-17(19(26)27-2)20(21,22)23/h5-12,17H,3-4H2,1-2H3,(H,24,25). The Morgan fingerprint density at radius 1 is 1.00 bits per heavy atom. The fraction of sp³-hybridized carbons (Fsp3) is 0.300. The average molecular weight is 379 g/mol. The van der Waals surface area contributed by atoms with Crippen molar-refractivity contribution in [3.05, 3.63) is 59.7 Å². The Labute approximate surface area is 155 Å². The van der Waals surface area contributed by atoms with Crippen LogP contribution in [0, 0.1) is 0 Å². The molecule has 0 saturated heterocycles. The number of carbonyl (C=O) groups excluding carboxylic acids is 2. The Hall–Kier alpha value is -2.83. The number of hydrogen-bond acceptors (Lipinski definition) is 3. The molecule has 0 heterocycles. The van der Waals surface area contributed by atoms with E-state index >= 15 is 0 Å². The maximum Gasteiger partial charge on any atom is 0.419 e. The molecule has 1 atom stereocenters. The molecule has 0 aliphatic rings. The largest absolute Gasteiger partial charge is 0.467 e. The van der Waals surface area contributed by atoms with E-state index in [1.54, 1.807) is 17.4 Å². The van der Waals surface area contributed by atoms with Crippen LogP contribution in [-0.4, -0.2) is 31.2 Å². The van der Waals surface area contributed by atoms with Gasteiger partial charge in [-0.1, -0.05) is 49.7 Å². The number of alkyl halides is 3. The van der Waals surface area contributed by atoms with Gasteiger partial charge in [-0.15, -0.1) is 0 Å². The van der Waals surface area contributed by atoms with E-state index in [0.29, 0.717) is 0 Å². The van der Waals surface area contributed by atoms with Crippen molar-refractivity contribution in [1.82, 2.24) is 5.32 Å². The number of hydrogen-bond donors (Lipinski definition) is 1. The Bertz CT molecular complexity index is 784. The Kier molecular flexibility index (Phi) is 6.60. The van der Waals surface area contributed by atoms with Gasteiger partial charge >= 0.3 is 12.1 Å². The summed E-state index contributed by atoms with van der Waals surface area (Å²) >= 11 is 0. The summed E-state index contributed by atoms with van der Waals surface area (Å²) in [6, 6.07) is 11.3. The van der Waals surface area contributed by atoms with E-state index in [1.165, 1.54) is 17.7 Å². The highest BCUT2D eigenvalue weighted by Crippen LogP contribution is 2.23. The maximum atomic E-state index is 12.9. The highest BCUT2D eigenvalue weighted by molar-refractivity contribution is 5.97. The minimum Gasteiger partial charge on any atom is -0.467 e. The molecular weight excluding hydrogens is 359 g/mol. The van der Waals surface area contributed by atoms with Crippen LogP contribution in [-0.2, 0) is 16.0 Å². The maximum absolute atomic E-state index is 12.9. The Morgan fingerprint density at radius 2 is 1.52 bits per heavy atom. The minimum absolute atomic E-state index is 0.0134. The lowest BCUT2D eigenvalue weighted by Gasteiger charge is -2.19. The molecular formula is C20H20F3NO3.